The predicted octanol–water partition coefficient (Wildman–Crippen LogP) is 1.04. The van der Waals surface area contributed by atoms with Gasteiger partial charge in [0, 0.05) is 18.5 Å². The Kier molecular flexibility index (Phi) is 3.83. The number of hydrogen-bond donors (Lipinski definition) is 4. The van der Waals surface area contributed by atoms with Gasteiger partial charge >= 0.3 is 0 Å². The van der Waals surface area contributed by atoms with E-state index in [0.717, 1.165) is 37.1 Å². The third-order valence-corrected chi connectivity index (χ3v) is 4.51. The number of piperidine rings is 1. The summed E-state index contributed by atoms with van der Waals surface area (Å²) in [4.78, 5) is 0. The van der Waals surface area contributed by atoms with Crippen LogP contribution in [0.3, 0.4) is 0 Å². The molecule has 1 saturated heterocycles. The summed E-state index contributed by atoms with van der Waals surface area (Å²) >= 11 is 0. The third-order valence-electron chi connectivity index (χ3n) is 4.51. The van der Waals surface area contributed by atoms with Crippen molar-refractivity contribution in [3.05, 3.63) is 23.3 Å². The van der Waals surface area contributed by atoms with E-state index in [2.05, 4.69) is 5.32 Å². The van der Waals surface area contributed by atoms with E-state index in [0.29, 0.717) is 18.9 Å². The predicted molar refractivity (Wildman–Crippen MR) is 75.7 cm³/mol. The highest BCUT2D eigenvalue weighted by Gasteiger charge is 2.34. The summed E-state index contributed by atoms with van der Waals surface area (Å²) in [6.45, 7) is 2.41. The van der Waals surface area contributed by atoms with Gasteiger partial charge in [-0.3, -0.25) is 0 Å². The highest BCUT2D eigenvalue weighted by Crippen LogP contribution is 2.41. The Morgan fingerprint density at radius 1 is 1.25 bits per heavy atom. The lowest BCUT2D eigenvalue weighted by Gasteiger charge is -2.38. The van der Waals surface area contributed by atoms with E-state index >= 15 is 0 Å². The van der Waals surface area contributed by atoms with Crippen molar-refractivity contribution in [2.24, 2.45) is 11.7 Å². The van der Waals surface area contributed by atoms with Crippen molar-refractivity contribution in [3.8, 4) is 11.5 Å². The van der Waals surface area contributed by atoms with Crippen molar-refractivity contribution in [2.45, 2.75) is 31.5 Å². The van der Waals surface area contributed by atoms with Crippen molar-refractivity contribution in [2.75, 3.05) is 19.6 Å². The maximum Gasteiger partial charge on any atom is 0.161 e. The Morgan fingerprint density at radius 2 is 2.00 bits per heavy atom. The molecule has 110 valence electrons. The molecule has 2 atom stereocenters. The molecule has 5 nitrogen and oxygen atoms in total. The van der Waals surface area contributed by atoms with Gasteiger partial charge < -0.3 is 26.0 Å². The van der Waals surface area contributed by atoms with Crippen LogP contribution in [0.1, 0.15) is 30.1 Å². The number of phenols is 2. The van der Waals surface area contributed by atoms with Gasteiger partial charge in [-0.1, -0.05) is 6.07 Å². The molecular formula is C15H22N2O3. The number of benzene rings is 1. The maximum absolute atomic E-state index is 10.1. The summed E-state index contributed by atoms with van der Waals surface area (Å²) in [6.07, 6.45) is 2.70. The first-order valence-electron chi connectivity index (χ1n) is 7.30. The third kappa shape index (κ3) is 2.37. The van der Waals surface area contributed by atoms with Crippen LogP contribution in [0.2, 0.25) is 0 Å². The van der Waals surface area contributed by atoms with Crippen LogP contribution in [-0.4, -0.2) is 36.0 Å². The number of fused-ring (bicyclic) bond motifs is 1. The van der Waals surface area contributed by atoms with E-state index in [4.69, 9.17) is 10.5 Å². The number of nitrogens with two attached hydrogens (primary N) is 1. The Hall–Kier alpha value is -1.30. The molecule has 20 heavy (non-hydrogen) atoms. The lowest BCUT2D eigenvalue weighted by Crippen LogP contribution is -2.40. The molecule has 2 aliphatic rings. The normalized spacial score (nSPS) is 27.2. The second kappa shape index (κ2) is 5.60. The fourth-order valence-electron chi connectivity index (χ4n) is 3.37. The van der Waals surface area contributed by atoms with Gasteiger partial charge in [-0.2, -0.15) is 0 Å². The number of rotatable bonds is 2. The second-order valence-corrected chi connectivity index (χ2v) is 5.69. The molecule has 1 fully saturated rings. The van der Waals surface area contributed by atoms with Gasteiger partial charge in [0.2, 0.25) is 0 Å². The van der Waals surface area contributed by atoms with Crippen LogP contribution in [0, 0.1) is 5.92 Å². The minimum Gasteiger partial charge on any atom is -0.504 e. The van der Waals surface area contributed by atoms with Gasteiger partial charge in [0.25, 0.3) is 0 Å². The van der Waals surface area contributed by atoms with Crippen LogP contribution < -0.4 is 11.1 Å². The van der Waals surface area contributed by atoms with Crippen LogP contribution in [0.25, 0.3) is 0 Å². The zero-order valence-electron chi connectivity index (χ0n) is 11.5. The lowest BCUT2D eigenvalue weighted by atomic mass is 9.84. The van der Waals surface area contributed by atoms with E-state index in [1.165, 1.54) is 6.07 Å². The average molecular weight is 278 g/mol. The van der Waals surface area contributed by atoms with Crippen molar-refractivity contribution >= 4 is 0 Å². The largest absolute Gasteiger partial charge is 0.504 e. The van der Waals surface area contributed by atoms with Gasteiger partial charge in [-0.05, 0) is 43.5 Å². The first kappa shape index (κ1) is 13.7. The molecule has 2 heterocycles. The number of ether oxygens (including phenoxy) is 1. The van der Waals surface area contributed by atoms with Crippen LogP contribution in [0.4, 0.5) is 0 Å². The summed E-state index contributed by atoms with van der Waals surface area (Å²) in [5.74, 6) is 0.411. The van der Waals surface area contributed by atoms with E-state index < -0.39 is 0 Å². The molecule has 0 spiro atoms. The maximum atomic E-state index is 10.1. The smallest absolute Gasteiger partial charge is 0.161 e. The molecule has 0 amide bonds. The Balaban J connectivity index is 1.90. The SMILES string of the molecule is NC[C@H]1O[C@@H](C2CCNCC2)Cc2c1ccc(O)c2O. The highest BCUT2D eigenvalue weighted by molar-refractivity contribution is 5.51. The molecule has 5 N–H and O–H groups in total. The van der Waals surface area contributed by atoms with Gasteiger partial charge in [0.15, 0.2) is 11.5 Å². The van der Waals surface area contributed by atoms with Crippen molar-refractivity contribution in [1.82, 2.24) is 5.32 Å². The molecule has 0 saturated carbocycles. The van der Waals surface area contributed by atoms with E-state index in [9.17, 15) is 10.2 Å². The zero-order valence-corrected chi connectivity index (χ0v) is 11.5. The van der Waals surface area contributed by atoms with Crippen molar-refractivity contribution < 1.29 is 14.9 Å². The molecule has 1 aromatic rings. The number of hydrogen-bond acceptors (Lipinski definition) is 5. The Labute approximate surface area is 118 Å². The molecule has 2 aliphatic heterocycles. The zero-order chi connectivity index (χ0) is 14.1. The number of phenolic OH excluding ortho intramolecular Hbond substituents is 2. The Morgan fingerprint density at radius 3 is 2.70 bits per heavy atom. The quantitative estimate of drug-likeness (QED) is 0.607. The van der Waals surface area contributed by atoms with Crippen LogP contribution in [0.5, 0.6) is 11.5 Å². The molecule has 0 bridgehead atoms. The number of aromatic hydroxyl groups is 2. The molecule has 3 rings (SSSR count). The molecule has 0 aliphatic carbocycles. The van der Waals surface area contributed by atoms with E-state index in [-0.39, 0.29) is 23.7 Å². The van der Waals surface area contributed by atoms with Gasteiger partial charge in [0.1, 0.15) is 0 Å². The fourth-order valence-corrected chi connectivity index (χ4v) is 3.37. The van der Waals surface area contributed by atoms with Crippen molar-refractivity contribution in [1.29, 1.82) is 0 Å². The second-order valence-electron chi connectivity index (χ2n) is 5.69. The summed E-state index contributed by atoms with van der Waals surface area (Å²) in [5, 5.41) is 23.2. The summed E-state index contributed by atoms with van der Waals surface area (Å²) < 4.78 is 6.15. The molecule has 1 aromatic carbocycles. The van der Waals surface area contributed by atoms with Crippen LogP contribution in [0.15, 0.2) is 12.1 Å². The summed E-state index contributed by atoms with van der Waals surface area (Å²) in [6, 6.07) is 3.31. The highest BCUT2D eigenvalue weighted by atomic mass is 16.5. The number of nitrogens with one attached hydrogen (secondary N) is 1. The van der Waals surface area contributed by atoms with Crippen LogP contribution >= 0.6 is 0 Å². The van der Waals surface area contributed by atoms with Gasteiger partial charge in [-0.15, -0.1) is 0 Å². The minimum atomic E-state index is -0.190. The topological polar surface area (TPSA) is 87.7 Å². The first-order valence-corrected chi connectivity index (χ1v) is 7.30. The monoisotopic (exact) mass is 278 g/mol. The first-order chi connectivity index (χ1) is 9.70. The standard InChI is InChI=1S/C15H22N2O3/c16-8-14-10-1-2-12(18)15(19)11(10)7-13(20-14)9-3-5-17-6-4-9/h1-2,9,13-14,17-19H,3-8,16H2/t13-,14-/m1/s1. The molecular weight excluding hydrogens is 256 g/mol. The molecule has 5 heteroatoms. The summed E-state index contributed by atoms with van der Waals surface area (Å²) in [5.41, 5.74) is 7.53. The molecule has 0 aromatic heterocycles. The van der Waals surface area contributed by atoms with Crippen molar-refractivity contribution in [3.63, 3.8) is 0 Å². The fraction of sp³-hybridized carbons (Fsp3) is 0.600. The van der Waals surface area contributed by atoms with Gasteiger partial charge in [-0.25, -0.2) is 0 Å². The Bertz CT molecular complexity index is 486. The van der Waals surface area contributed by atoms with Crippen LogP contribution in [-0.2, 0) is 11.2 Å². The molecule has 0 unspecified atom stereocenters. The lowest BCUT2D eigenvalue weighted by molar-refractivity contribution is -0.0580. The summed E-state index contributed by atoms with van der Waals surface area (Å²) in [7, 11) is 0. The van der Waals surface area contributed by atoms with E-state index in [1.54, 1.807) is 6.07 Å². The van der Waals surface area contributed by atoms with Gasteiger partial charge in [0.05, 0.1) is 12.2 Å². The average Bonchev–Trinajstić information content (AvgIpc) is 2.51. The van der Waals surface area contributed by atoms with E-state index in [1.807, 2.05) is 0 Å². The minimum absolute atomic E-state index is 0.0109. The molecule has 0 radical (unpaired) electrons.